The van der Waals surface area contributed by atoms with Crippen LogP contribution >= 0.6 is 11.8 Å². The van der Waals surface area contributed by atoms with E-state index in [-0.39, 0.29) is 17.6 Å². The van der Waals surface area contributed by atoms with E-state index in [1.54, 1.807) is 6.21 Å². The highest BCUT2D eigenvalue weighted by Crippen LogP contribution is 2.16. The van der Waals surface area contributed by atoms with E-state index < -0.39 is 6.03 Å². The van der Waals surface area contributed by atoms with Gasteiger partial charge in [-0.1, -0.05) is 24.6 Å². The zero-order chi connectivity index (χ0) is 14.5. The molecule has 1 aliphatic rings. The van der Waals surface area contributed by atoms with Crippen molar-refractivity contribution in [3.05, 3.63) is 29.8 Å². The minimum atomic E-state index is -0.510. The molecule has 6 heteroatoms. The molecule has 2 rings (SSSR count). The first kappa shape index (κ1) is 14.5. The highest BCUT2D eigenvalue weighted by Gasteiger charge is 2.17. The van der Waals surface area contributed by atoms with E-state index in [1.165, 1.54) is 11.8 Å². The van der Waals surface area contributed by atoms with Gasteiger partial charge in [0.1, 0.15) is 0 Å². The summed E-state index contributed by atoms with van der Waals surface area (Å²) in [5.74, 6) is 0.0756. The summed E-state index contributed by atoms with van der Waals surface area (Å²) in [5, 5.41) is 3.43. The molecule has 1 N–H and O–H groups in total. The lowest BCUT2D eigenvalue weighted by Crippen LogP contribution is -2.20. The average Bonchev–Trinajstić information content (AvgIpc) is 2.42. The standard InChI is InChI=1S/C14H15N3O2S/c1-9-3-5-11(6-4-9)16-12(18)8-20-13-10(2)7-15-14(19)17-13/h3-7,10H,8H2,1-2H3,(H,16,18). The van der Waals surface area contributed by atoms with Crippen LogP contribution in [-0.4, -0.2) is 28.9 Å². The molecule has 0 aliphatic carbocycles. The maximum absolute atomic E-state index is 11.8. The van der Waals surface area contributed by atoms with Gasteiger partial charge in [0.25, 0.3) is 0 Å². The Kier molecular flexibility index (Phi) is 4.68. The number of hydrogen-bond acceptors (Lipinski definition) is 3. The number of nitrogens with one attached hydrogen (secondary N) is 1. The number of thioether (sulfide) groups is 1. The van der Waals surface area contributed by atoms with Crippen LogP contribution in [0.5, 0.6) is 0 Å². The van der Waals surface area contributed by atoms with E-state index in [4.69, 9.17) is 0 Å². The molecule has 0 bridgehead atoms. The fourth-order valence-electron chi connectivity index (χ4n) is 1.60. The van der Waals surface area contributed by atoms with Crippen molar-refractivity contribution < 1.29 is 9.59 Å². The van der Waals surface area contributed by atoms with Gasteiger partial charge >= 0.3 is 6.03 Å². The maximum Gasteiger partial charge on any atom is 0.367 e. The molecule has 0 saturated heterocycles. The number of hydrogen-bond donors (Lipinski definition) is 1. The molecule has 1 aliphatic heterocycles. The largest absolute Gasteiger partial charge is 0.367 e. The fraction of sp³-hybridized carbons (Fsp3) is 0.286. The van der Waals surface area contributed by atoms with Gasteiger partial charge in [-0.2, -0.15) is 4.99 Å². The van der Waals surface area contributed by atoms with Gasteiger partial charge in [0.2, 0.25) is 5.91 Å². The van der Waals surface area contributed by atoms with Gasteiger partial charge in [0, 0.05) is 17.8 Å². The number of urea groups is 1. The molecule has 3 amide bonds. The van der Waals surface area contributed by atoms with Gasteiger partial charge in [-0.15, -0.1) is 11.8 Å². The Morgan fingerprint density at radius 3 is 2.75 bits per heavy atom. The van der Waals surface area contributed by atoms with Crippen LogP contribution in [0.1, 0.15) is 12.5 Å². The topological polar surface area (TPSA) is 70.9 Å². The molecule has 104 valence electrons. The summed E-state index contributed by atoms with van der Waals surface area (Å²) in [4.78, 5) is 30.3. The van der Waals surface area contributed by atoms with E-state index in [0.717, 1.165) is 11.3 Å². The zero-order valence-electron chi connectivity index (χ0n) is 11.3. The van der Waals surface area contributed by atoms with Crippen LogP contribution in [-0.2, 0) is 4.79 Å². The van der Waals surface area contributed by atoms with Crippen molar-refractivity contribution in [1.82, 2.24) is 0 Å². The van der Waals surface area contributed by atoms with Crippen LogP contribution in [0.2, 0.25) is 0 Å². The molecule has 0 aromatic heterocycles. The van der Waals surface area contributed by atoms with Crippen molar-refractivity contribution in [3.8, 4) is 0 Å². The summed E-state index contributed by atoms with van der Waals surface area (Å²) >= 11 is 1.27. The summed E-state index contributed by atoms with van der Waals surface area (Å²) < 4.78 is 0. The Hall–Kier alpha value is -1.95. The minimum Gasteiger partial charge on any atom is -0.325 e. The molecule has 1 heterocycles. The average molecular weight is 289 g/mol. The summed E-state index contributed by atoms with van der Waals surface area (Å²) in [6, 6.07) is 7.07. The number of nitrogens with zero attached hydrogens (tertiary/aromatic N) is 2. The summed E-state index contributed by atoms with van der Waals surface area (Å²) in [7, 11) is 0. The number of anilines is 1. The van der Waals surface area contributed by atoms with Crippen molar-refractivity contribution in [1.29, 1.82) is 0 Å². The van der Waals surface area contributed by atoms with Crippen molar-refractivity contribution >= 4 is 40.6 Å². The SMILES string of the molecule is Cc1ccc(NC(=O)CSC2=NC(=O)N=CC2C)cc1. The number of carbonyl (C=O) groups is 2. The third kappa shape index (κ3) is 4.03. The van der Waals surface area contributed by atoms with Gasteiger partial charge in [0.15, 0.2) is 0 Å². The Bertz CT molecular complexity index is 579. The molecule has 1 aromatic rings. The zero-order valence-corrected chi connectivity index (χ0v) is 12.1. The molecule has 20 heavy (non-hydrogen) atoms. The third-order valence-electron chi connectivity index (χ3n) is 2.69. The van der Waals surface area contributed by atoms with Crippen molar-refractivity contribution in [3.63, 3.8) is 0 Å². The lowest BCUT2D eigenvalue weighted by atomic mass is 10.2. The summed E-state index contributed by atoms with van der Waals surface area (Å²) in [6.07, 6.45) is 1.55. The fourth-order valence-corrected chi connectivity index (χ4v) is 2.42. The van der Waals surface area contributed by atoms with Gasteiger partial charge in [-0.3, -0.25) is 4.79 Å². The number of aryl methyl sites for hydroxylation is 1. The minimum absolute atomic E-state index is 0.0233. The predicted molar refractivity (Wildman–Crippen MR) is 82.8 cm³/mol. The molecule has 1 atom stereocenters. The number of aliphatic imine (C=N–C) groups is 2. The molecule has 0 radical (unpaired) electrons. The Balaban J connectivity index is 1.86. The third-order valence-corrected chi connectivity index (χ3v) is 3.86. The van der Waals surface area contributed by atoms with Crippen molar-refractivity contribution in [2.75, 3.05) is 11.1 Å². The van der Waals surface area contributed by atoms with Crippen LogP contribution < -0.4 is 5.32 Å². The normalized spacial score (nSPS) is 17.8. The van der Waals surface area contributed by atoms with E-state index >= 15 is 0 Å². The van der Waals surface area contributed by atoms with E-state index in [0.29, 0.717) is 5.04 Å². The van der Waals surface area contributed by atoms with Crippen LogP contribution in [0.25, 0.3) is 0 Å². The molecule has 0 spiro atoms. The first-order chi connectivity index (χ1) is 9.54. The number of benzene rings is 1. The Morgan fingerprint density at radius 2 is 2.05 bits per heavy atom. The smallest absolute Gasteiger partial charge is 0.325 e. The van der Waals surface area contributed by atoms with Gasteiger partial charge in [-0.25, -0.2) is 9.79 Å². The summed E-state index contributed by atoms with van der Waals surface area (Å²) in [5.41, 5.74) is 1.90. The Labute approximate surface area is 121 Å². The number of amides is 3. The second kappa shape index (κ2) is 6.47. The molecule has 1 unspecified atom stereocenters. The highest BCUT2D eigenvalue weighted by molar-refractivity contribution is 8.14. The van der Waals surface area contributed by atoms with Crippen LogP contribution in [0.3, 0.4) is 0 Å². The molecule has 0 fully saturated rings. The van der Waals surface area contributed by atoms with E-state index in [1.807, 2.05) is 38.1 Å². The Morgan fingerprint density at radius 1 is 1.35 bits per heavy atom. The van der Waals surface area contributed by atoms with Crippen molar-refractivity contribution in [2.24, 2.45) is 15.9 Å². The molecule has 0 saturated carbocycles. The molecule has 5 nitrogen and oxygen atoms in total. The number of rotatable bonds is 3. The molecular weight excluding hydrogens is 274 g/mol. The van der Waals surface area contributed by atoms with Gasteiger partial charge < -0.3 is 5.32 Å². The van der Waals surface area contributed by atoms with Gasteiger partial charge in [-0.05, 0) is 19.1 Å². The quantitative estimate of drug-likeness (QED) is 0.930. The lowest BCUT2D eigenvalue weighted by molar-refractivity contribution is -0.113. The van der Waals surface area contributed by atoms with Crippen LogP contribution in [0, 0.1) is 12.8 Å². The number of carbonyl (C=O) groups excluding carboxylic acids is 2. The summed E-state index contributed by atoms with van der Waals surface area (Å²) in [6.45, 7) is 3.88. The predicted octanol–water partition coefficient (Wildman–Crippen LogP) is 2.91. The lowest BCUT2D eigenvalue weighted by Gasteiger charge is -2.12. The first-order valence-electron chi connectivity index (χ1n) is 6.20. The van der Waals surface area contributed by atoms with Crippen LogP contribution in [0.4, 0.5) is 10.5 Å². The van der Waals surface area contributed by atoms with Gasteiger partial charge in [0.05, 0.1) is 10.8 Å². The maximum atomic E-state index is 11.8. The second-order valence-corrected chi connectivity index (χ2v) is 5.50. The second-order valence-electron chi connectivity index (χ2n) is 4.50. The van der Waals surface area contributed by atoms with Crippen LogP contribution in [0.15, 0.2) is 34.3 Å². The first-order valence-corrected chi connectivity index (χ1v) is 7.19. The molecular formula is C14H15N3O2S. The molecule has 1 aromatic carbocycles. The monoisotopic (exact) mass is 289 g/mol. The van der Waals surface area contributed by atoms with Crippen molar-refractivity contribution in [2.45, 2.75) is 13.8 Å². The van der Waals surface area contributed by atoms with E-state index in [2.05, 4.69) is 15.3 Å². The van der Waals surface area contributed by atoms with E-state index in [9.17, 15) is 9.59 Å². The highest BCUT2D eigenvalue weighted by atomic mass is 32.2.